The van der Waals surface area contributed by atoms with Crippen LogP contribution < -0.4 is 0 Å². The van der Waals surface area contributed by atoms with Gasteiger partial charge in [0.2, 0.25) is 0 Å². The number of nitro benzene ring substituents is 1. The third-order valence-electron chi connectivity index (χ3n) is 2.92. The summed E-state index contributed by atoms with van der Waals surface area (Å²) in [6, 6.07) is 12.2. The lowest BCUT2D eigenvalue weighted by Gasteiger charge is -2.04. The number of nitrogens with zero attached hydrogens (tertiary/aromatic N) is 2. The highest BCUT2D eigenvalue weighted by Gasteiger charge is 2.13. The van der Waals surface area contributed by atoms with Gasteiger partial charge in [0, 0.05) is 17.0 Å². The van der Waals surface area contributed by atoms with E-state index < -0.39 is 25.6 Å². The van der Waals surface area contributed by atoms with E-state index in [1.54, 1.807) is 18.4 Å². The Hall–Kier alpha value is -2.06. The lowest BCUT2D eigenvalue weighted by atomic mass is 10.2. The standard InChI is InChI=1S/C14H14N2O4S2/c1-11-3-9-14(10-4-11)22(19,20)15-21(2)13-7-5-12(6-8-13)16(17)18/h3-10H,1-2H3/t21-/m0/s1. The number of hydrogen-bond acceptors (Lipinski definition) is 4. The van der Waals surface area contributed by atoms with Gasteiger partial charge in [0.25, 0.3) is 15.7 Å². The second-order valence-electron chi connectivity index (χ2n) is 4.59. The molecule has 1 atom stereocenters. The van der Waals surface area contributed by atoms with E-state index in [9.17, 15) is 18.5 Å². The molecule has 0 heterocycles. The molecular weight excluding hydrogens is 324 g/mol. The van der Waals surface area contributed by atoms with Crippen molar-refractivity contribution in [3.05, 3.63) is 64.2 Å². The van der Waals surface area contributed by atoms with Gasteiger partial charge in [0.05, 0.1) is 9.82 Å². The summed E-state index contributed by atoms with van der Waals surface area (Å²) in [4.78, 5) is 10.9. The largest absolute Gasteiger partial charge is 0.288 e. The monoisotopic (exact) mass is 338 g/mol. The molecular formula is C14H14N2O4S2. The zero-order chi connectivity index (χ0) is 16.3. The van der Waals surface area contributed by atoms with Crippen LogP contribution in [0.2, 0.25) is 0 Å². The number of rotatable bonds is 4. The Labute approximate surface area is 131 Å². The summed E-state index contributed by atoms with van der Waals surface area (Å²) in [5.41, 5.74) is 0.923. The van der Waals surface area contributed by atoms with Crippen LogP contribution in [0.25, 0.3) is 0 Å². The van der Waals surface area contributed by atoms with Crippen molar-refractivity contribution < 1.29 is 13.3 Å². The zero-order valence-electron chi connectivity index (χ0n) is 12.0. The van der Waals surface area contributed by atoms with Crippen LogP contribution in [-0.4, -0.2) is 19.6 Å². The molecule has 0 fully saturated rings. The molecule has 0 radical (unpaired) electrons. The van der Waals surface area contributed by atoms with Crippen molar-refractivity contribution in [1.29, 1.82) is 0 Å². The Morgan fingerprint density at radius 3 is 2.09 bits per heavy atom. The maximum absolute atomic E-state index is 12.2. The molecule has 0 aliphatic heterocycles. The third kappa shape index (κ3) is 3.77. The SMILES string of the molecule is Cc1ccc(S(=O)(=O)N=[S@@](C)c2ccc([N+](=O)[O-])cc2)cc1. The van der Waals surface area contributed by atoms with Gasteiger partial charge in [0.15, 0.2) is 0 Å². The molecule has 0 amide bonds. The fourth-order valence-electron chi connectivity index (χ4n) is 1.71. The average molecular weight is 338 g/mol. The van der Waals surface area contributed by atoms with Crippen molar-refractivity contribution in [2.45, 2.75) is 16.7 Å². The molecule has 2 aromatic carbocycles. The third-order valence-corrected chi connectivity index (χ3v) is 6.42. The van der Waals surface area contributed by atoms with E-state index in [0.29, 0.717) is 4.90 Å². The van der Waals surface area contributed by atoms with Crippen LogP contribution in [0.4, 0.5) is 5.69 Å². The molecule has 2 rings (SSSR count). The first kappa shape index (κ1) is 16.3. The predicted octanol–water partition coefficient (Wildman–Crippen LogP) is 3.08. The Kier molecular flexibility index (Phi) is 4.72. The minimum absolute atomic E-state index is 0.0397. The van der Waals surface area contributed by atoms with Gasteiger partial charge in [-0.25, -0.2) is 0 Å². The molecule has 0 unspecified atom stereocenters. The molecule has 2 aromatic rings. The van der Waals surface area contributed by atoms with Crippen LogP contribution in [0.5, 0.6) is 0 Å². The molecule has 0 bridgehead atoms. The maximum Gasteiger partial charge on any atom is 0.288 e. The van der Waals surface area contributed by atoms with Crippen LogP contribution in [0.3, 0.4) is 0 Å². The van der Waals surface area contributed by atoms with E-state index in [0.717, 1.165) is 5.56 Å². The van der Waals surface area contributed by atoms with Gasteiger partial charge in [-0.3, -0.25) is 10.1 Å². The number of non-ortho nitro benzene ring substituents is 1. The summed E-state index contributed by atoms with van der Waals surface area (Å²) in [6.07, 6.45) is 1.66. The Bertz CT molecular complexity index is 826. The topological polar surface area (TPSA) is 89.6 Å². The van der Waals surface area contributed by atoms with E-state index in [1.165, 1.54) is 36.4 Å². The van der Waals surface area contributed by atoms with E-state index in [4.69, 9.17) is 0 Å². The van der Waals surface area contributed by atoms with Crippen molar-refractivity contribution in [2.75, 3.05) is 6.26 Å². The van der Waals surface area contributed by atoms with Crippen LogP contribution >= 0.6 is 0 Å². The summed E-state index contributed by atoms with van der Waals surface area (Å²) in [7, 11) is -4.66. The minimum atomic E-state index is -3.75. The summed E-state index contributed by atoms with van der Waals surface area (Å²) in [6.45, 7) is 1.87. The Morgan fingerprint density at radius 1 is 1.05 bits per heavy atom. The number of nitro groups is 1. The highest BCUT2D eigenvalue weighted by molar-refractivity contribution is 7.99. The first-order valence-electron chi connectivity index (χ1n) is 6.25. The van der Waals surface area contributed by atoms with Gasteiger partial charge in [-0.1, -0.05) is 28.4 Å². The minimum Gasteiger partial charge on any atom is -0.258 e. The summed E-state index contributed by atoms with van der Waals surface area (Å²) < 4.78 is 28.4. The molecule has 0 saturated carbocycles. The average Bonchev–Trinajstić information content (AvgIpc) is 2.47. The van der Waals surface area contributed by atoms with E-state index in [-0.39, 0.29) is 10.6 Å². The highest BCUT2D eigenvalue weighted by Crippen LogP contribution is 2.19. The summed E-state index contributed by atoms with van der Waals surface area (Å²) >= 11 is 0. The summed E-state index contributed by atoms with van der Waals surface area (Å²) in [5, 5.41) is 10.6. The van der Waals surface area contributed by atoms with Crippen LogP contribution in [-0.2, 0) is 20.7 Å². The van der Waals surface area contributed by atoms with Gasteiger partial charge < -0.3 is 0 Å². The van der Waals surface area contributed by atoms with Crippen molar-refractivity contribution in [3.8, 4) is 0 Å². The smallest absolute Gasteiger partial charge is 0.258 e. The molecule has 0 aliphatic rings. The molecule has 0 aromatic heterocycles. The van der Waals surface area contributed by atoms with Gasteiger partial charge >= 0.3 is 0 Å². The first-order valence-corrected chi connectivity index (χ1v) is 9.28. The van der Waals surface area contributed by atoms with Crippen molar-refractivity contribution >= 4 is 26.4 Å². The molecule has 0 saturated heterocycles. The number of sulfonamides is 1. The molecule has 116 valence electrons. The second kappa shape index (κ2) is 6.37. The molecule has 0 N–H and O–H groups in total. The van der Waals surface area contributed by atoms with Gasteiger partial charge in [-0.2, -0.15) is 8.42 Å². The lowest BCUT2D eigenvalue weighted by Crippen LogP contribution is -2.00. The number of benzene rings is 2. The Balaban J connectivity index is 2.34. The lowest BCUT2D eigenvalue weighted by molar-refractivity contribution is -0.384. The van der Waals surface area contributed by atoms with E-state index in [1.807, 2.05) is 6.92 Å². The summed E-state index contributed by atoms with van der Waals surface area (Å²) in [5.74, 6) is 0. The van der Waals surface area contributed by atoms with Gasteiger partial charge in [0.1, 0.15) is 0 Å². The molecule has 22 heavy (non-hydrogen) atoms. The van der Waals surface area contributed by atoms with Crippen molar-refractivity contribution in [3.63, 3.8) is 0 Å². The normalized spacial score (nSPS) is 13.0. The zero-order valence-corrected chi connectivity index (χ0v) is 13.6. The van der Waals surface area contributed by atoms with Crippen molar-refractivity contribution in [1.82, 2.24) is 0 Å². The van der Waals surface area contributed by atoms with Crippen molar-refractivity contribution in [2.24, 2.45) is 3.77 Å². The van der Waals surface area contributed by atoms with E-state index >= 15 is 0 Å². The van der Waals surface area contributed by atoms with Gasteiger partial charge in [-0.15, -0.1) is 3.77 Å². The molecule has 0 aliphatic carbocycles. The molecule has 6 nitrogen and oxygen atoms in total. The van der Waals surface area contributed by atoms with Crippen LogP contribution in [0.1, 0.15) is 5.56 Å². The number of hydrogen-bond donors (Lipinski definition) is 0. The fourth-order valence-corrected chi connectivity index (χ4v) is 4.58. The maximum atomic E-state index is 12.2. The first-order chi connectivity index (χ1) is 10.3. The van der Waals surface area contributed by atoms with Gasteiger partial charge in [-0.05, 0) is 37.4 Å². The van der Waals surface area contributed by atoms with E-state index in [2.05, 4.69) is 3.77 Å². The Morgan fingerprint density at radius 2 is 1.59 bits per heavy atom. The quantitative estimate of drug-likeness (QED) is 0.633. The molecule has 0 spiro atoms. The van der Waals surface area contributed by atoms with Crippen LogP contribution in [0, 0.1) is 17.0 Å². The second-order valence-corrected chi connectivity index (χ2v) is 8.04. The highest BCUT2D eigenvalue weighted by atomic mass is 32.3. The molecule has 8 heteroatoms. The number of aryl methyl sites for hydroxylation is 1. The van der Waals surface area contributed by atoms with Crippen LogP contribution in [0.15, 0.2) is 62.1 Å². The predicted molar refractivity (Wildman–Crippen MR) is 85.4 cm³/mol. The fraction of sp³-hybridized carbons (Fsp3) is 0.143.